The van der Waals surface area contributed by atoms with Gasteiger partial charge in [0.25, 0.3) is 0 Å². The Morgan fingerprint density at radius 1 is 1.14 bits per heavy atom. The monoisotopic (exact) mass is 403 g/mol. The molecule has 2 rings (SSSR count). The fraction of sp³-hybridized carbons (Fsp3) is 0.409. The lowest BCUT2D eigenvalue weighted by atomic mass is 10.1. The van der Waals surface area contributed by atoms with Crippen molar-refractivity contribution in [1.82, 2.24) is 5.32 Å². The van der Waals surface area contributed by atoms with Gasteiger partial charge in [-0.2, -0.15) is 0 Å². The highest BCUT2D eigenvalue weighted by Crippen LogP contribution is 2.19. The summed E-state index contributed by atoms with van der Waals surface area (Å²) in [4.78, 5) is 12.2. The molecule has 28 heavy (non-hydrogen) atoms. The van der Waals surface area contributed by atoms with Crippen molar-refractivity contribution in [3.05, 3.63) is 59.2 Å². The van der Waals surface area contributed by atoms with Crippen LogP contribution in [0.5, 0.6) is 11.5 Å². The molecule has 2 aromatic rings. The average molecular weight is 404 g/mol. The van der Waals surface area contributed by atoms with Crippen molar-refractivity contribution in [2.45, 2.75) is 32.4 Å². The van der Waals surface area contributed by atoms with Gasteiger partial charge in [-0.3, -0.25) is 9.00 Å². The Kier molecular flexibility index (Phi) is 8.51. The van der Waals surface area contributed by atoms with Crippen LogP contribution in [0.15, 0.2) is 42.5 Å². The van der Waals surface area contributed by atoms with E-state index in [4.69, 9.17) is 9.47 Å². The third-order valence-electron chi connectivity index (χ3n) is 4.52. The van der Waals surface area contributed by atoms with Crippen LogP contribution >= 0.6 is 0 Å². The first kappa shape index (κ1) is 22.0. The van der Waals surface area contributed by atoms with E-state index in [1.54, 1.807) is 14.0 Å². The Hall–Kier alpha value is -2.34. The lowest BCUT2D eigenvalue weighted by molar-refractivity contribution is -0.120. The maximum Gasteiger partial charge on any atom is 0.235 e. The Balaban J connectivity index is 1.72. The van der Waals surface area contributed by atoms with E-state index < -0.39 is 16.0 Å². The molecule has 0 aliphatic carbocycles. The summed E-state index contributed by atoms with van der Waals surface area (Å²) in [5, 5.41) is 2.29. The normalized spacial score (nSPS) is 12.9. The molecule has 0 bridgehead atoms. The van der Waals surface area contributed by atoms with E-state index in [0.717, 1.165) is 28.2 Å². The van der Waals surface area contributed by atoms with E-state index in [1.807, 2.05) is 56.3 Å². The molecule has 152 valence electrons. The van der Waals surface area contributed by atoms with Crippen LogP contribution in [0.25, 0.3) is 0 Å². The van der Waals surface area contributed by atoms with Gasteiger partial charge in [0.05, 0.1) is 19.5 Å². The van der Waals surface area contributed by atoms with E-state index in [-0.39, 0.29) is 5.91 Å². The zero-order valence-electron chi connectivity index (χ0n) is 17.0. The van der Waals surface area contributed by atoms with Gasteiger partial charge in [-0.15, -0.1) is 0 Å². The molecule has 0 radical (unpaired) electrons. The van der Waals surface area contributed by atoms with E-state index in [2.05, 4.69) is 5.32 Å². The fourth-order valence-electron chi connectivity index (χ4n) is 2.66. The van der Waals surface area contributed by atoms with Crippen molar-refractivity contribution in [2.75, 3.05) is 26.0 Å². The number of benzene rings is 2. The maximum atomic E-state index is 12.4. The first-order valence-corrected chi connectivity index (χ1v) is 10.8. The van der Waals surface area contributed by atoms with Crippen molar-refractivity contribution < 1.29 is 18.5 Å². The van der Waals surface area contributed by atoms with E-state index in [9.17, 15) is 9.00 Å². The summed E-state index contributed by atoms with van der Waals surface area (Å²) in [6, 6.07) is 13.7. The molecule has 0 aromatic heterocycles. The highest BCUT2D eigenvalue weighted by atomic mass is 32.2. The average Bonchev–Trinajstić information content (AvgIpc) is 2.70. The Morgan fingerprint density at radius 3 is 2.54 bits per heavy atom. The van der Waals surface area contributed by atoms with Crippen molar-refractivity contribution in [3.8, 4) is 11.5 Å². The van der Waals surface area contributed by atoms with Gasteiger partial charge >= 0.3 is 0 Å². The molecule has 2 unspecified atom stereocenters. The van der Waals surface area contributed by atoms with Gasteiger partial charge < -0.3 is 14.8 Å². The lowest BCUT2D eigenvalue weighted by Gasteiger charge is -2.14. The smallest absolute Gasteiger partial charge is 0.235 e. The van der Waals surface area contributed by atoms with Crippen LogP contribution in [0.3, 0.4) is 0 Å². The number of carbonyl (C=O) groups excluding carboxylic acids is 1. The molecule has 0 aliphatic heterocycles. The van der Waals surface area contributed by atoms with Crippen molar-refractivity contribution >= 4 is 16.7 Å². The number of hydrogen-bond donors (Lipinski definition) is 1. The van der Waals surface area contributed by atoms with Crippen LogP contribution < -0.4 is 14.8 Å². The number of rotatable bonds is 10. The number of methoxy groups -OCH3 is 1. The van der Waals surface area contributed by atoms with Gasteiger partial charge in [0.15, 0.2) is 0 Å². The topological polar surface area (TPSA) is 64.6 Å². The Morgan fingerprint density at radius 2 is 1.86 bits per heavy atom. The molecule has 0 fully saturated rings. The third-order valence-corrected chi connectivity index (χ3v) is 6.09. The highest BCUT2D eigenvalue weighted by molar-refractivity contribution is 7.86. The number of aryl methyl sites for hydroxylation is 2. The summed E-state index contributed by atoms with van der Waals surface area (Å²) in [7, 11) is 0.342. The highest BCUT2D eigenvalue weighted by Gasteiger charge is 2.19. The first-order chi connectivity index (χ1) is 13.4. The van der Waals surface area contributed by atoms with Crippen molar-refractivity contribution in [2.24, 2.45) is 0 Å². The number of ether oxygens (including phenoxy) is 2. The SMILES string of the molecule is COc1ccc(CCNC(=O)C(C)S(=O)CCOc2cc(C)ccc2C)cc1. The summed E-state index contributed by atoms with van der Waals surface area (Å²) in [5.74, 6) is 1.73. The van der Waals surface area contributed by atoms with Crippen LogP contribution in [-0.2, 0) is 22.0 Å². The summed E-state index contributed by atoms with van der Waals surface area (Å²) in [5.41, 5.74) is 3.27. The summed E-state index contributed by atoms with van der Waals surface area (Å²) in [6.07, 6.45) is 0.713. The van der Waals surface area contributed by atoms with Crippen LogP contribution in [-0.4, -0.2) is 41.4 Å². The first-order valence-electron chi connectivity index (χ1n) is 9.38. The number of hydrogen-bond acceptors (Lipinski definition) is 4. The minimum Gasteiger partial charge on any atom is -0.497 e. The second-order valence-electron chi connectivity index (χ2n) is 6.73. The quantitative estimate of drug-likeness (QED) is 0.662. The van der Waals surface area contributed by atoms with Gasteiger partial charge in [0, 0.05) is 17.3 Å². The summed E-state index contributed by atoms with van der Waals surface area (Å²) >= 11 is 0. The third kappa shape index (κ3) is 6.68. The van der Waals surface area contributed by atoms with E-state index in [0.29, 0.717) is 25.3 Å². The van der Waals surface area contributed by atoms with Gasteiger partial charge in [-0.25, -0.2) is 0 Å². The summed E-state index contributed by atoms with van der Waals surface area (Å²) < 4.78 is 23.3. The van der Waals surface area contributed by atoms with Crippen molar-refractivity contribution in [1.29, 1.82) is 0 Å². The van der Waals surface area contributed by atoms with Crippen LogP contribution in [0.1, 0.15) is 23.6 Å². The van der Waals surface area contributed by atoms with E-state index >= 15 is 0 Å². The van der Waals surface area contributed by atoms with Crippen molar-refractivity contribution in [3.63, 3.8) is 0 Å². The molecule has 1 amide bonds. The van der Waals surface area contributed by atoms with Crippen LogP contribution in [0, 0.1) is 13.8 Å². The Bertz CT molecular complexity index is 805. The largest absolute Gasteiger partial charge is 0.497 e. The van der Waals surface area contributed by atoms with Gasteiger partial charge in [-0.05, 0) is 62.1 Å². The van der Waals surface area contributed by atoms with Gasteiger partial charge in [0.2, 0.25) is 5.91 Å². The number of nitrogens with one attached hydrogen (secondary N) is 1. The number of amides is 1. The predicted molar refractivity (Wildman–Crippen MR) is 114 cm³/mol. The molecule has 1 N–H and O–H groups in total. The lowest BCUT2D eigenvalue weighted by Crippen LogP contribution is -2.37. The molecule has 0 aliphatic rings. The molecule has 0 saturated carbocycles. The van der Waals surface area contributed by atoms with Crippen LogP contribution in [0.2, 0.25) is 0 Å². The van der Waals surface area contributed by atoms with Gasteiger partial charge in [0.1, 0.15) is 16.7 Å². The second-order valence-corrected chi connectivity index (χ2v) is 8.61. The molecule has 0 spiro atoms. The zero-order chi connectivity index (χ0) is 20.5. The molecule has 0 heterocycles. The molecular formula is C22H29NO4S. The molecular weight excluding hydrogens is 374 g/mol. The number of carbonyl (C=O) groups is 1. The molecule has 0 saturated heterocycles. The van der Waals surface area contributed by atoms with E-state index in [1.165, 1.54) is 0 Å². The second kappa shape index (κ2) is 10.9. The minimum absolute atomic E-state index is 0.196. The van der Waals surface area contributed by atoms with Crippen LogP contribution in [0.4, 0.5) is 0 Å². The molecule has 2 aromatic carbocycles. The minimum atomic E-state index is -1.29. The summed E-state index contributed by atoms with van der Waals surface area (Å²) in [6.45, 7) is 6.50. The maximum absolute atomic E-state index is 12.4. The predicted octanol–water partition coefficient (Wildman–Crippen LogP) is 3.19. The molecule has 5 nitrogen and oxygen atoms in total. The Labute approximate surface area is 169 Å². The standard InChI is InChI=1S/C22H29NO4S/c1-16-5-6-17(2)21(15-16)27-13-14-28(25)18(3)22(24)23-12-11-19-7-9-20(26-4)10-8-19/h5-10,15,18H,11-14H2,1-4H3,(H,23,24). The fourth-order valence-corrected chi connectivity index (χ4v) is 3.58. The zero-order valence-corrected chi connectivity index (χ0v) is 17.8. The molecule has 6 heteroatoms. The molecule has 2 atom stereocenters. The van der Waals surface area contributed by atoms with Gasteiger partial charge in [-0.1, -0.05) is 24.3 Å².